The molecule has 1 heterocycles. The molecule has 2 aromatic carbocycles. The van der Waals surface area contributed by atoms with Crippen LogP contribution in [0.1, 0.15) is 30.4 Å². The maximum absolute atomic E-state index is 12.9. The smallest absolute Gasteiger partial charge is 0.243 e. The average Bonchev–Trinajstić information content (AvgIpc) is 2.63. The van der Waals surface area contributed by atoms with E-state index >= 15 is 0 Å². The lowest BCUT2D eigenvalue weighted by Crippen LogP contribution is -2.36. The molecule has 0 aliphatic carbocycles. The molecule has 1 aliphatic rings. The fraction of sp³-hybridized carbons (Fsp3) is 0.316. The monoisotopic (exact) mass is 358 g/mol. The van der Waals surface area contributed by atoms with Gasteiger partial charge in [-0.1, -0.05) is 48.9 Å². The molecule has 0 spiro atoms. The summed E-state index contributed by atoms with van der Waals surface area (Å²) < 4.78 is 28.2. The second-order valence-electron chi connectivity index (χ2n) is 6.19. The molecular weight excluding hydrogens is 336 g/mol. The minimum atomic E-state index is -3.57. The van der Waals surface area contributed by atoms with Gasteiger partial charge in [0.25, 0.3) is 0 Å². The highest BCUT2D eigenvalue weighted by atomic mass is 32.2. The van der Waals surface area contributed by atoms with E-state index in [2.05, 4.69) is 0 Å². The second kappa shape index (κ2) is 7.80. The summed E-state index contributed by atoms with van der Waals surface area (Å²) in [6.45, 7) is 1.27. The Morgan fingerprint density at radius 1 is 0.960 bits per heavy atom. The number of piperidine rings is 1. The SMILES string of the molecule is O=S(=O)(c1ccccc1/C=[N+](\[O-])Cc1ccccc1)N1CCCCC1. The fourth-order valence-electron chi connectivity index (χ4n) is 3.03. The van der Waals surface area contributed by atoms with Gasteiger partial charge in [-0.15, -0.1) is 0 Å². The molecule has 1 aliphatic heterocycles. The Morgan fingerprint density at radius 2 is 1.60 bits per heavy atom. The maximum atomic E-state index is 12.9. The lowest BCUT2D eigenvalue weighted by molar-refractivity contribution is -0.469. The van der Waals surface area contributed by atoms with Crippen molar-refractivity contribution in [3.8, 4) is 0 Å². The van der Waals surface area contributed by atoms with Crippen LogP contribution >= 0.6 is 0 Å². The number of hydrogen-bond donors (Lipinski definition) is 0. The van der Waals surface area contributed by atoms with Crippen molar-refractivity contribution < 1.29 is 13.2 Å². The van der Waals surface area contributed by atoms with Gasteiger partial charge < -0.3 is 5.21 Å². The lowest BCUT2D eigenvalue weighted by atomic mass is 10.2. The third kappa shape index (κ3) is 4.27. The molecule has 2 aromatic rings. The number of hydroxylamine groups is 1. The number of benzene rings is 2. The van der Waals surface area contributed by atoms with Crippen LogP contribution in [-0.4, -0.2) is 36.8 Å². The van der Waals surface area contributed by atoms with E-state index < -0.39 is 10.0 Å². The maximum Gasteiger partial charge on any atom is 0.243 e. The normalized spacial score (nSPS) is 16.7. The predicted molar refractivity (Wildman–Crippen MR) is 98.0 cm³/mol. The summed E-state index contributed by atoms with van der Waals surface area (Å²) >= 11 is 0. The van der Waals surface area contributed by atoms with Gasteiger partial charge in [0.2, 0.25) is 10.0 Å². The van der Waals surface area contributed by atoms with Gasteiger partial charge in [-0.2, -0.15) is 4.31 Å². The largest absolute Gasteiger partial charge is 0.624 e. The Hall–Kier alpha value is -2.18. The van der Waals surface area contributed by atoms with E-state index in [0.717, 1.165) is 29.6 Å². The van der Waals surface area contributed by atoms with Crippen molar-refractivity contribution in [2.45, 2.75) is 30.7 Å². The highest BCUT2D eigenvalue weighted by molar-refractivity contribution is 7.89. The van der Waals surface area contributed by atoms with Gasteiger partial charge >= 0.3 is 0 Å². The number of nitrogens with zero attached hydrogens (tertiary/aromatic N) is 2. The van der Waals surface area contributed by atoms with Crippen molar-refractivity contribution in [2.75, 3.05) is 13.1 Å². The first-order chi connectivity index (χ1) is 12.1. The van der Waals surface area contributed by atoms with Crippen LogP contribution in [0, 0.1) is 5.21 Å². The summed E-state index contributed by atoms with van der Waals surface area (Å²) in [5.41, 5.74) is 1.31. The molecule has 0 aromatic heterocycles. The molecule has 25 heavy (non-hydrogen) atoms. The molecule has 0 radical (unpaired) electrons. The number of sulfonamides is 1. The minimum absolute atomic E-state index is 0.180. The molecule has 0 atom stereocenters. The molecule has 3 rings (SSSR count). The van der Waals surface area contributed by atoms with Gasteiger partial charge in [-0.05, 0) is 25.0 Å². The Labute approximate surface area is 148 Å². The van der Waals surface area contributed by atoms with Crippen molar-refractivity contribution in [2.24, 2.45) is 0 Å². The van der Waals surface area contributed by atoms with Crippen molar-refractivity contribution >= 4 is 16.2 Å². The number of hydrogen-bond acceptors (Lipinski definition) is 3. The van der Waals surface area contributed by atoms with Crippen LogP contribution in [-0.2, 0) is 16.6 Å². The van der Waals surface area contributed by atoms with Gasteiger partial charge in [0.15, 0.2) is 12.8 Å². The zero-order chi connectivity index (χ0) is 17.7. The highest BCUT2D eigenvalue weighted by Crippen LogP contribution is 2.22. The van der Waals surface area contributed by atoms with Crippen LogP contribution in [0.3, 0.4) is 0 Å². The quantitative estimate of drug-likeness (QED) is 0.357. The Kier molecular flexibility index (Phi) is 5.50. The Balaban J connectivity index is 1.89. The second-order valence-corrected chi connectivity index (χ2v) is 8.10. The standard InChI is InChI=1S/C19H22N2O3S/c22-20(15-17-9-3-1-4-10-17)16-18-11-5-6-12-19(18)25(23,24)21-13-7-2-8-14-21/h1,3-6,9-12,16H,2,7-8,13-15H2/b20-16-. The fourth-order valence-corrected chi connectivity index (χ4v) is 4.72. The van der Waals surface area contributed by atoms with Crippen LogP contribution < -0.4 is 0 Å². The first-order valence-corrected chi connectivity index (χ1v) is 9.93. The lowest BCUT2D eigenvalue weighted by Gasteiger charge is -2.26. The zero-order valence-electron chi connectivity index (χ0n) is 14.0. The third-order valence-electron chi connectivity index (χ3n) is 4.32. The van der Waals surface area contributed by atoms with Gasteiger partial charge in [-0.3, -0.25) is 0 Å². The van der Waals surface area contributed by atoms with E-state index in [9.17, 15) is 13.6 Å². The van der Waals surface area contributed by atoms with E-state index in [1.807, 2.05) is 30.3 Å². The van der Waals surface area contributed by atoms with Crippen LogP contribution in [0.25, 0.3) is 0 Å². The molecule has 5 nitrogen and oxygen atoms in total. The van der Waals surface area contributed by atoms with Crippen molar-refractivity contribution in [3.05, 3.63) is 70.9 Å². The highest BCUT2D eigenvalue weighted by Gasteiger charge is 2.28. The summed E-state index contributed by atoms with van der Waals surface area (Å²) in [5, 5.41) is 12.3. The van der Waals surface area contributed by atoms with Crippen LogP contribution in [0.15, 0.2) is 59.5 Å². The minimum Gasteiger partial charge on any atom is -0.624 e. The summed E-state index contributed by atoms with van der Waals surface area (Å²) in [6, 6.07) is 16.1. The summed E-state index contributed by atoms with van der Waals surface area (Å²) in [7, 11) is -3.57. The molecule has 1 fully saturated rings. The molecule has 0 N–H and O–H groups in total. The van der Waals surface area contributed by atoms with Crippen LogP contribution in [0.2, 0.25) is 0 Å². The molecule has 6 heteroatoms. The first kappa shape index (κ1) is 17.6. The van der Waals surface area contributed by atoms with Crippen LogP contribution in [0.5, 0.6) is 0 Å². The van der Waals surface area contributed by atoms with E-state index in [-0.39, 0.29) is 11.4 Å². The van der Waals surface area contributed by atoms with Crippen molar-refractivity contribution in [3.63, 3.8) is 0 Å². The predicted octanol–water partition coefficient (Wildman–Crippen LogP) is 2.99. The Bertz CT molecular complexity index is 842. The van der Waals surface area contributed by atoms with Gasteiger partial charge in [0.1, 0.15) is 0 Å². The van der Waals surface area contributed by atoms with Crippen LogP contribution in [0.4, 0.5) is 0 Å². The van der Waals surface area contributed by atoms with Crippen molar-refractivity contribution in [1.29, 1.82) is 0 Å². The summed E-state index contributed by atoms with van der Waals surface area (Å²) in [4.78, 5) is 0.200. The van der Waals surface area contributed by atoms with E-state index in [0.29, 0.717) is 18.7 Å². The van der Waals surface area contributed by atoms with E-state index in [4.69, 9.17) is 0 Å². The van der Waals surface area contributed by atoms with E-state index in [1.54, 1.807) is 24.3 Å². The zero-order valence-corrected chi connectivity index (χ0v) is 14.9. The third-order valence-corrected chi connectivity index (χ3v) is 6.29. The molecule has 0 saturated carbocycles. The summed E-state index contributed by atoms with van der Waals surface area (Å²) in [6.07, 6.45) is 4.19. The molecule has 1 saturated heterocycles. The van der Waals surface area contributed by atoms with Gasteiger partial charge in [-0.25, -0.2) is 13.2 Å². The number of rotatable bonds is 5. The molecule has 0 amide bonds. The summed E-state index contributed by atoms with van der Waals surface area (Å²) in [5.74, 6) is 0. The molecule has 0 unspecified atom stereocenters. The molecular formula is C19H22N2O3S. The average molecular weight is 358 g/mol. The van der Waals surface area contributed by atoms with E-state index in [1.165, 1.54) is 10.5 Å². The topological polar surface area (TPSA) is 63.4 Å². The van der Waals surface area contributed by atoms with Gasteiger partial charge in [0, 0.05) is 18.7 Å². The Morgan fingerprint density at radius 3 is 2.32 bits per heavy atom. The molecule has 132 valence electrons. The first-order valence-electron chi connectivity index (χ1n) is 8.49. The molecule has 0 bridgehead atoms. The van der Waals surface area contributed by atoms with Gasteiger partial charge in [0.05, 0.1) is 10.5 Å². The van der Waals surface area contributed by atoms with Crippen molar-refractivity contribution in [1.82, 2.24) is 4.31 Å².